The molecule has 0 aliphatic rings. The average molecular weight is 951 g/mol. The molecular weight excluding hydrogens is 856 g/mol. The number of aliphatic hydroxyl groups is 1. The smallest absolute Gasteiger partial charge is 0.462 e. The first-order chi connectivity index (χ1) is 32.2. The van der Waals surface area contributed by atoms with Gasteiger partial charge in [0.1, 0.15) is 12.7 Å². The number of unbranched alkanes of at least 4 members (excludes halogenated alkanes) is 21. The van der Waals surface area contributed by atoms with E-state index in [1.807, 2.05) is 0 Å². The van der Waals surface area contributed by atoms with Crippen molar-refractivity contribution in [2.45, 2.75) is 238 Å². The van der Waals surface area contributed by atoms with Crippen molar-refractivity contribution in [2.24, 2.45) is 0 Å². The monoisotopic (exact) mass is 951 g/mol. The summed E-state index contributed by atoms with van der Waals surface area (Å²) in [4.78, 5) is 48.2. The zero-order valence-electron chi connectivity index (χ0n) is 41.9. The lowest BCUT2D eigenvalue weighted by atomic mass is 10.1. The highest BCUT2D eigenvalue weighted by atomic mass is 31.2. The minimum absolute atomic E-state index is 0.149. The Balaban J connectivity index is 4.75. The van der Waals surface area contributed by atoms with Crippen LogP contribution in [0.25, 0.3) is 0 Å². The van der Waals surface area contributed by atoms with Gasteiger partial charge in [-0.05, 0) is 77.0 Å². The predicted octanol–water partition coefficient (Wildman–Crippen LogP) is 14.8. The third-order valence-corrected chi connectivity index (χ3v) is 11.9. The van der Waals surface area contributed by atoms with Crippen LogP contribution < -0.4 is 0 Å². The van der Waals surface area contributed by atoms with Gasteiger partial charge in [-0.25, -0.2) is 4.57 Å². The Hall–Kier alpha value is -2.82. The van der Waals surface area contributed by atoms with Crippen molar-refractivity contribution < 1.29 is 52.2 Å². The van der Waals surface area contributed by atoms with Gasteiger partial charge < -0.3 is 24.2 Å². The number of allylic oxidation sites excluding steroid dienone is 10. The molecule has 0 amide bonds. The highest BCUT2D eigenvalue weighted by Gasteiger charge is 2.28. The van der Waals surface area contributed by atoms with Crippen LogP contribution in [0.15, 0.2) is 60.8 Å². The van der Waals surface area contributed by atoms with Crippen LogP contribution in [0.2, 0.25) is 0 Å². The summed E-state index contributed by atoms with van der Waals surface area (Å²) in [6.45, 7) is 4.41. The van der Waals surface area contributed by atoms with Crippen molar-refractivity contribution in [3.8, 4) is 0 Å². The zero-order valence-corrected chi connectivity index (χ0v) is 42.8. The molecular formula is C54H95O11P. The van der Waals surface area contributed by atoms with E-state index < -0.39 is 57.8 Å². The molecule has 3 unspecified atom stereocenters. The molecule has 0 heterocycles. The molecule has 0 aromatic rings. The molecule has 0 spiro atoms. The Kier molecular flexibility index (Phi) is 46.6. The van der Waals surface area contributed by atoms with Gasteiger partial charge in [-0.15, -0.1) is 0 Å². The fourth-order valence-corrected chi connectivity index (χ4v) is 7.72. The van der Waals surface area contributed by atoms with Crippen LogP contribution in [0.4, 0.5) is 0 Å². The number of ether oxygens (including phenoxy) is 3. The van der Waals surface area contributed by atoms with E-state index >= 15 is 0 Å². The molecule has 0 aromatic carbocycles. The number of aliphatic hydroxyl groups excluding tert-OH is 1. The number of phosphoric ester groups is 1. The van der Waals surface area contributed by atoms with Gasteiger partial charge in [0, 0.05) is 19.3 Å². The van der Waals surface area contributed by atoms with Crippen molar-refractivity contribution in [2.75, 3.05) is 26.4 Å². The summed E-state index contributed by atoms with van der Waals surface area (Å²) in [6.07, 6.45) is 50.5. The summed E-state index contributed by atoms with van der Waals surface area (Å²) < 4.78 is 39.3. The fraction of sp³-hybridized carbons (Fsp3) is 0.759. The maximum absolute atomic E-state index is 12.8. The molecule has 3 atom stereocenters. The van der Waals surface area contributed by atoms with E-state index in [0.717, 1.165) is 122 Å². The van der Waals surface area contributed by atoms with Crippen molar-refractivity contribution in [3.63, 3.8) is 0 Å². The van der Waals surface area contributed by atoms with E-state index in [1.165, 1.54) is 44.9 Å². The lowest BCUT2D eigenvalue weighted by Crippen LogP contribution is -2.30. The molecule has 0 radical (unpaired) electrons. The molecule has 0 aliphatic heterocycles. The highest BCUT2D eigenvalue weighted by molar-refractivity contribution is 7.47. The second-order valence-corrected chi connectivity index (χ2v) is 18.8. The number of phosphoric acid groups is 1. The van der Waals surface area contributed by atoms with Crippen LogP contribution in [-0.2, 0) is 42.2 Å². The Morgan fingerprint density at radius 2 is 0.818 bits per heavy atom. The molecule has 2 N–H and O–H groups in total. The Bertz CT molecular complexity index is 1340. The quantitative estimate of drug-likeness (QED) is 0.0197. The standard InChI is InChI=1S/C54H95O11P/c1-4-7-10-13-16-19-21-23-24-25-26-28-29-32-34-37-40-43-52(56)61-47-51(65-54(58)45-42-39-36-33-30-27-22-20-17-14-11-8-5-2)49-63-66(59,60)62-48-50(46-55)64-53(57)44-41-38-35-31-18-15-12-9-6-3/h7,10-11,14,16,19-20,22-24,50-51,55H,4-6,8-9,12-13,15,17-18,21,25-49H2,1-3H3,(H,59,60)/b10-7-,14-11-,19-16-,22-20-,24-23-. The normalized spacial score (nSPS) is 14.0. The molecule has 0 saturated carbocycles. The lowest BCUT2D eigenvalue weighted by Gasteiger charge is -2.21. The number of hydrogen-bond acceptors (Lipinski definition) is 10. The average Bonchev–Trinajstić information content (AvgIpc) is 3.30. The largest absolute Gasteiger partial charge is 0.472 e. The number of carbonyl (C=O) groups is 3. The summed E-state index contributed by atoms with van der Waals surface area (Å²) in [7, 11) is -4.74. The maximum Gasteiger partial charge on any atom is 0.472 e. The fourth-order valence-electron chi connectivity index (χ4n) is 6.94. The number of carbonyl (C=O) groups excluding carboxylic acids is 3. The summed E-state index contributed by atoms with van der Waals surface area (Å²) in [5, 5.41) is 9.74. The topological polar surface area (TPSA) is 155 Å². The molecule has 0 aromatic heterocycles. The second-order valence-electron chi connectivity index (χ2n) is 17.3. The number of esters is 3. The molecule has 66 heavy (non-hydrogen) atoms. The van der Waals surface area contributed by atoms with Crippen LogP contribution in [0, 0.1) is 0 Å². The maximum atomic E-state index is 12.8. The molecule has 0 aliphatic carbocycles. The van der Waals surface area contributed by atoms with Gasteiger partial charge in [-0.3, -0.25) is 23.4 Å². The van der Waals surface area contributed by atoms with Gasteiger partial charge in [-0.1, -0.05) is 191 Å². The van der Waals surface area contributed by atoms with Gasteiger partial charge in [0.25, 0.3) is 0 Å². The summed E-state index contributed by atoms with van der Waals surface area (Å²) in [5.41, 5.74) is 0. The van der Waals surface area contributed by atoms with Crippen molar-refractivity contribution in [3.05, 3.63) is 60.8 Å². The molecule has 382 valence electrons. The van der Waals surface area contributed by atoms with Crippen LogP contribution in [-0.4, -0.2) is 66.5 Å². The molecule has 12 heteroatoms. The molecule has 0 bridgehead atoms. The van der Waals surface area contributed by atoms with Crippen LogP contribution in [0.3, 0.4) is 0 Å². The van der Waals surface area contributed by atoms with Gasteiger partial charge in [0.2, 0.25) is 0 Å². The predicted molar refractivity (Wildman–Crippen MR) is 270 cm³/mol. The Labute approximate surface area is 402 Å². The van der Waals surface area contributed by atoms with E-state index in [-0.39, 0.29) is 25.9 Å². The van der Waals surface area contributed by atoms with E-state index in [1.54, 1.807) is 0 Å². The molecule has 11 nitrogen and oxygen atoms in total. The van der Waals surface area contributed by atoms with E-state index in [2.05, 4.69) is 81.5 Å². The first-order valence-electron chi connectivity index (χ1n) is 26.2. The van der Waals surface area contributed by atoms with Gasteiger partial charge in [0.15, 0.2) is 6.10 Å². The number of hydrogen-bond donors (Lipinski definition) is 2. The summed E-state index contributed by atoms with van der Waals surface area (Å²) in [5.74, 6) is -1.49. The Morgan fingerprint density at radius 1 is 0.439 bits per heavy atom. The van der Waals surface area contributed by atoms with Crippen molar-refractivity contribution >= 4 is 25.7 Å². The first-order valence-corrected chi connectivity index (χ1v) is 27.7. The van der Waals surface area contributed by atoms with E-state index in [4.69, 9.17) is 23.3 Å². The first kappa shape index (κ1) is 63.2. The molecule has 0 saturated heterocycles. The highest BCUT2D eigenvalue weighted by Crippen LogP contribution is 2.43. The lowest BCUT2D eigenvalue weighted by molar-refractivity contribution is -0.161. The van der Waals surface area contributed by atoms with E-state index in [9.17, 15) is 28.9 Å². The van der Waals surface area contributed by atoms with Gasteiger partial charge in [0.05, 0.1) is 19.8 Å². The van der Waals surface area contributed by atoms with Gasteiger partial charge in [-0.2, -0.15) is 0 Å². The Morgan fingerprint density at radius 3 is 1.27 bits per heavy atom. The van der Waals surface area contributed by atoms with Crippen LogP contribution in [0.5, 0.6) is 0 Å². The minimum atomic E-state index is -4.74. The minimum Gasteiger partial charge on any atom is -0.462 e. The van der Waals surface area contributed by atoms with Crippen molar-refractivity contribution in [1.82, 2.24) is 0 Å². The van der Waals surface area contributed by atoms with Crippen molar-refractivity contribution in [1.29, 1.82) is 0 Å². The molecule has 0 fully saturated rings. The van der Waals surface area contributed by atoms with Crippen LogP contribution >= 0.6 is 7.82 Å². The molecule has 0 rings (SSSR count). The SMILES string of the molecule is CC/C=C\C/C=C\C/C=C\CCCCCCCCCC(=O)OCC(COP(=O)(O)OCC(CO)OC(=O)CCCCCCCCCCC)OC(=O)CCCCCCC/C=C\C/C=C\CCC. The summed E-state index contributed by atoms with van der Waals surface area (Å²) >= 11 is 0. The second kappa shape index (κ2) is 48.6. The third-order valence-electron chi connectivity index (χ3n) is 10.9. The number of rotatable bonds is 48. The summed E-state index contributed by atoms with van der Waals surface area (Å²) in [6, 6.07) is 0. The zero-order chi connectivity index (χ0) is 48.4. The van der Waals surface area contributed by atoms with Crippen LogP contribution in [0.1, 0.15) is 226 Å². The van der Waals surface area contributed by atoms with E-state index in [0.29, 0.717) is 19.3 Å². The third kappa shape index (κ3) is 46.3. The van der Waals surface area contributed by atoms with Gasteiger partial charge >= 0.3 is 25.7 Å².